The Morgan fingerprint density at radius 2 is 1.29 bits per heavy atom. The predicted molar refractivity (Wildman–Crippen MR) is 94.1 cm³/mol. The Morgan fingerprint density at radius 3 is 1.96 bits per heavy atom. The van der Waals surface area contributed by atoms with Crippen molar-refractivity contribution in [1.29, 1.82) is 0 Å². The van der Waals surface area contributed by atoms with Crippen molar-refractivity contribution in [3.05, 3.63) is 78.4 Å². The molecule has 0 atom stereocenters. The number of rotatable bonds is 4. The number of aromatic hydroxyl groups is 2. The molecule has 5 nitrogen and oxygen atoms in total. The molecule has 3 aromatic rings. The SMILES string of the molecule is Oc1ccc(/C=N/c2ccc(/N=N\c3ccccc3)cc2)c(O)c1. The molecule has 0 saturated heterocycles. The maximum Gasteiger partial charge on any atom is 0.128 e. The first-order valence-electron chi connectivity index (χ1n) is 7.33. The Hall–Kier alpha value is -3.47. The monoisotopic (exact) mass is 317 g/mol. The number of hydrogen-bond donors (Lipinski definition) is 2. The van der Waals surface area contributed by atoms with Crippen LogP contribution in [-0.2, 0) is 0 Å². The van der Waals surface area contributed by atoms with Crippen molar-refractivity contribution in [2.24, 2.45) is 15.2 Å². The fraction of sp³-hybridized carbons (Fsp3) is 0. The summed E-state index contributed by atoms with van der Waals surface area (Å²) in [5.41, 5.74) is 2.77. The highest BCUT2D eigenvalue weighted by Gasteiger charge is 1.99. The molecule has 0 aliphatic carbocycles. The molecule has 5 heteroatoms. The van der Waals surface area contributed by atoms with Gasteiger partial charge in [-0.3, -0.25) is 4.99 Å². The normalized spacial score (nSPS) is 11.3. The summed E-state index contributed by atoms with van der Waals surface area (Å²) in [5.74, 6) is -0.00943. The molecule has 0 aliphatic rings. The molecule has 0 unspecified atom stereocenters. The highest BCUT2D eigenvalue weighted by Crippen LogP contribution is 2.23. The van der Waals surface area contributed by atoms with Gasteiger partial charge in [-0.1, -0.05) is 18.2 Å². The molecule has 0 radical (unpaired) electrons. The summed E-state index contributed by atoms with van der Waals surface area (Å²) in [7, 11) is 0. The van der Waals surface area contributed by atoms with Gasteiger partial charge in [0.05, 0.1) is 17.1 Å². The van der Waals surface area contributed by atoms with Crippen LogP contribution in [0.2, 0.25) is 0 Å². The third kappa shape index (κ3) is 4.04. The molecular weight excluding hydrogens is 302 g/mol. The molecule has 0 amide bonds. The Labute approximate surface area is 139 Å². The minimum atomic E-state index is -0.0213. The van der Waals surface area contributed by atoms with Gasteiger partial charge in [0.1, 0.15) is 11.5 Å². The standard InChI is InChI=1S/C19H15N3O2/c23-18-11-6-14(19(24)12-18)13-20-15-7-9-17(10-8-15)22-21-16-4-2-1-3-5-16/h1-13,23-24H/b20-13+,22-21-. The van der Waals surface area contributed by atoms with Gasteiger partial charge in [-0.25, -0.2) is 0 Å². The van der Waals surface area contributed by atoms with E-state index in [1.165, 1.54) is 18.3 Å². The molecule has 0 saturated carbocycles. The highest BCUT2D eigenvalue weighted by molar-refractivity contribution is 5.85. The van der Waals surface area contributed by atoms with Crippen molar-refractivity contribution in [3.63, 3.8) is 0 Å². The van der Waals surface area contributed by atoms with Crippen LogP contribution in [0.25, 0.3) is 0 Å². The van der Waals surface area contributed by atoms with Crippen LogP contribution in [0.3, 0.4) is 0 Å². The smallest absolute Gasteiger partial charge is 0.128 e. The summed E-state index contributed by atoms with van der Waals surface area (Å²) in [6.07, 6.45) is 1.54. The van der Waals surface area contributed by atoms with E-state index in [1.807, 2.05) is 54.6 Å². The third-order valence-electron chi connectivity index (χ3n) is 3.25. The second-order valence-electron chi connectivity index (χ2n) is 5.05. The molecule has 0 spiro atoms. The molecule has 24 heavy (non-hydrogen) atoms. The average Bonchev–Trinajstić information content (AvgIpc) is 2.61. The topological polar surface area (TPSA) is 77.5 Å². The Morgan fingerprint density at radius 1 is 0.667 bits per heavy atom. The van der Waals surface area contributed by atoms with E-state index in [4.69, 9.17) is 0 Å². The number of aliphatic imine (C=N–C) groups is 1. The molecule has 2 N–H and O–H groups in total. The predicted octanol–water partition coefficient (Wildman–Crippen LogP) is 5.26. The quantitative estimate of drug-likeness (QED) is 0.508. The lowest BCUT2D eigenvalue weighted by Crippen LogP contribution is -1.81. The zero-order valence-electron chi connectivity index (χ0n) is 12.7. The Balaban J connectivity index is 1.70. The van der Waals surface area contributed by atoms with Crippen molar-refractivity contribution in [2.45, 2.75) is 0 Å². The minimum Gasteiger partial charge on any atom is -0.508 e. The van der Waals surface area contributed by atoms with E-state index in [1.54, 1.807) is 6.07 Å². The second-order valence-corrected chi connectivity index (χ2v) is 5.05. The van der Waals surface area contributed by atoms with Crippen LogP contribution in [0, 0.1) is 0 Å². The molecular formula is C19H15N3O2. The summed E-state index contributed by atoms with van der Waals surface area (Å²) < 4.78 is 0. The lowest BCUT2D eigenvalue weighted by Gasteiger charge is -1.99. The minimum absolute atomic E-state index is 0.0118. The van der Waals surface area contributed by atoms with Crippen LogP contribution in [0.15, 0.2) is 88.0 Å². The van der Waals surface area contributed by atoms with Crippen molar-refractivity contribution in [1.82, 2.24) is 0 Å². The number of phenolic OH excluding ortho intramolecular Hbond substituents is 2. The van der Waals surface area contributed by atoms with Gasteiger partial charge >= 0.3 is 0 Å². The van der Waals surface area contributed by atoms with Gasteiger partial charge in [0.25, 0.3) is 0 Å². The first kappa shape index (κ1) is 15.4. The largest absolute Gasteiger partial charge is 0.508 e. The number of benzene rings is 3. The number of hydrogen-bond acceptors (Lipinski definition) is 5. The number of nitrogens with zero attached hydrogens (tertiary/aromatic N) is 3. The summed E-state index contributed by atoms with van der Waals surface area (Å²) in [6.45, 7) is 0. The van der Waals surface area contributed by atoms with Crippen LogP contribution in [-0.4, -0.2) is 16.4 Å². The fourth-order valence-corrected chi connectivity index (χ4v) is 2.00. The first-order chi connectivity index (χ1) is 11.7. The van der Waals surface area contributed by atoms with Gasteiger partial charge < -0.3 is 10.2 Å². The molecule has 3 aromatic carbocycles. The van der Waals surface area contributed by atoms with E-state index < -0.39 is 0 Å². The lowest BCUT2D eigenvalue weighted by atomic mass is 10.2. The summed E-state index contributed by atoms with van der Waals surface area (Å²) in [4.78, 5) is 4.29. The van der Waals surface area contributed by atoms with Crippen LogP contribution in [0.5, 0.6) is 11.5 Å². The zero-order chi connectivity index (χ0) is 16.8. The van der Waals surface area contributed by atoms with E-state index in [2.05, 4.69) is 15.2 Å². The zero-order valence-corrected chi connectivity index (χ0v) is 12.7. The fourth-order valence-electron chi connectivity index (χ4n) is 2.00. The summed E-state index contributed by atoms with van der Waals surface area (Å²) >= 11 is 0. The van der Waals surface area contributed by atoms with E-state index >= 15 is 0 Å². The van der Waals surface area contributed by atoms with Gasteiger partial charge in [0.2, 0.25) is 0 Å². The van der Waals surface area contributed by atoms with Crippen LogP contribution >= 0.6 is 0 Å². The maximum absolute atomic E-state index is 9.71. The molecule has 0 heterocycles. The second kappa shape index (κ2) is 7.19. The van der Waals surface area contributed by atoms with E-state index in [0.29, 0.717) is 5.56 Å². The van der Waals surface area contributed by atoms with Gasteiger partial charge in [0, 0.05) is 17.8 Å². The Bertz CT molecular complexity index is 873. The molecule has 118 valence electrons. The van der Waals surface area contributed by atoms with Gasteiger partial charge in [-0.15, -0.1) is 0 Å². The Kier molecular flexibility index (Phi) is 4.62. The summed E-state index contributed by atoms with van der Waals surface area (Å²) in [6, 6.07) is 21.1. The number of azo groups is 1. The van der Waals surface area contributed by atoms with E-state index in [9.17, 15) is 10.2 Å². The molecule has 0 aliphatic heterocycles. The van der Waals surface area contributed by atoms with Crippen LogP contribution < -0.4 is 0 Å². The average molecular weight is 317 g/mol. The molecule has 0 fully saturated rings. The molecule has 0 aromatic heterocycles. The maximum atomic E-state index is 9.71. The van der Waals surface area contributed by atoms with Crippen molar-refractivity contribution in [2.75, 3.05) is 0 Å². The van der Waals surface area contributed by atoms with Crippen molar-refractivity contribution in [3.8, 4) is 11.5 Å². The molecule has 3 rings (SSSR count). The van der Waals surface area contributed by atoms with Gasteiger partial charge in [-0.05, 0) is 48.5 Å². The molecule has 0 bridgehead atoms. The lowest BCUT2D eigenvalue weighted by molar-refractivity contribution is 0.450. The first-order valence-corrected chi connectivity index (χ1v) is 7.33. The van der Waals surface area contributed by atoms with E-state index in [0.717, 1.165) is 17.1 Å². The summed E-state index contributed by atoms with van der Waals surface area (Å²) in [5, 5.41) is 27.3. The van der Waals surface area contributed by atoms with Crippen LogP contribution in [0.1, 0.15) is 5.56 Å². The van der Waals surface area contributed by atoms with Gasteiger partial charge in [-0.2, -0.15) is 10.2 Å². The third-order valence-corrected chi connectivity index (χ3v) is 3.25. The highest BCUT2D eigenvalue weighted by atomic mass is 16.3. The van der Waals surface area contributed by atoms with Crippen molar-refractivity contribution >= 4 is 23.3 Å². The van der Waals surface area contributed by atoms with Crippen molar-refractivity contribution < 1.29 is 10.2 Å². The van der Waals surface area contributed by atoms with Crippen LogP contribution in [0.4, 0.5) is 17.1 Å². The number of phenols is 2. The van der Waals surface area contributed by atoms with E-state index in [-0.39, 0.29) is 11.5 Å². The van der Waals surface area contributed by atoms with Gasteiger partial charge in [0.15, 0.2) is 0 Å².